The Hall–Kier alpha value is -1.89. The van der Waals surface area contributed by atoms with Gasteiger partial charge in [0.1, 0.15) is 6.04 Å². The summed E-state index contributed by atoms with van der Waals surface area (Å²) >= 11 is 0. The molecular weight excluding hydrogens is 260 g/mol. The fourth-order valence-corrected chi connectivity index (χ4v) is 1.91. The molecule has 20 heavy (non-hydrogen) atoms. The molecular formula is C14H20N2O4. The van der Waals surface area contributed by atoms with Crippen LogP contribution in [-0.2, 0) is 18.3 Å². The number of carboxylic acid groups (broad SMARTS) is 1. The highest BCUT2D eigenvalue weighted by Gasteiger charge is 2.15. The molecule has 0 saturated carbocycles. The molecule has 0 aliphatic heterocycles. The van der Waals surface area contributed by atoms with E-state index in [1.807, 2.05) is 42.1 Å². The van der Waals surface area contributed by atoms with Gasteiger partial charge in [-0.15, -0.1) is 0 Å². The Labute approximate surface area is 117 Å². The van der Waals surface area contributed by atoms with E-state index >= 15 is 0 Å². The molecule has 0 aliphatic rings. The van der Waals surface area contributed by atoms with Crippen molar-refractivity contribution in [2.45, 2.75) is 12.5 Å². The third kappa shape index (κ3) is 4.06. The summed E-state index contributed by atoms with van der Waals surface area (Å²) in [5.74, 6) is -0.965. The summed E-state index contributed by atoms with van der Waals surface area (Å²) in [5.41, 5.74) is 7.61. The molecule has 0 saturated heterocycles. The fourth-order valence-electron chi connectivity index (χ4n) is 1.91. The molecule has 0 fully saturated rings. The zero-order valence-corrected chi connectivity index (χ0v) is 11.4. The van der Waals surface area contributed by atoms with Gasteiger partial charge in [-0.2, -0.15) is 0 Å². The van der Waals surface area contributed by atoms with E-state index in [1.54, 1.807) is 0 Å². The van der Waals surface area contributed by atoms with Crippen molar-refractivity contribution in [1.29, 1.82) is 0 Å². The minimum absolute atomic E-state index is 0.125. The number of carbonyl (C=O) groups is 1. The standard InChI is InChI=1S/C12H14N2O2.C2H6O2/c1-14-7-8(6-10(13)12(15)16)9-4-2-3-5-11(9)14;3-1-2-4/h2-5,7,10H,6,13H2,1H3,(H,15,16);3-4H,1-2H2. The van der Waals surface area contributed by atoms with E-state index in [-0.39, 0.29) is 13.2 Å². The van der Waals surface area contributed by atoms with Crippen LogP contribution < -0.4 is 5.73 Å². The van der Waals surface area contributed by atoms with Crippen LogP contribution >= 0.6 is 0 Å². The molecule has 1 unspecified atom stereocenters. The average molecular weight is 280 g/mol. The maximum atomic E-state index is 10.7. The fraction of sp³-hybridized carbons (Fsp3) is 0.357. The normalized spacial score (nSPS) is 11.8. The second-order valence-corrected chi connectivity index (χ2v) is 4.38. The zero-order chi connectivity index (χ0) is 15.1. The Kier molecular flexibility index (Phi) is 6.17. The van der Waals surface area contributed by atoms with Crippen LogP contribution in [0.1, 0.15) is 5.56 Å². The minimum atomic E-state index is -0.965. The number of aliphatic carboxylic acids is 1. The number of aromatic nitrogens is 1. The van der Waals surface area contributed by atoms with Gasteiger partial charge < -0.3 is 25.6 Å². The number of benzene rings is 1. The molecule has 0 aliphatic carbocycles. The van der Waals surface area contributed by atoms with Crippen molar-refractivity contribution in [2.24, 2.45) is 12.8 Å². The van der Waals surface area contributed by atoms with E-state index in [4.69, 9.17) is 21.1 Å². The summed E-state index contributed by atoms with van der Waals surface area (Å²) in [6, 6.07) is 7.05. The number of aliphatic hydroxyl groups excluding tert-OH is 2. The van der Waals surface area contributed by atoms with Crippen LogP contribution in [0.15, 0.2) is 30.5 Å². The van der Waals surface area contributed by atoms with Crippen molar-refractivity contribution < 1.29 is 20.1 Å². The predicted octanol–water partition coefficient (Wildman–Crippen LogP) is 0.104. The number of hydrogen-bond acceptors (Lipinski definition) is 4. The number of para-hydroxylation sites is 1. The number of aliphatic hydroxyl groups is 2. The Morgan fingerprint density at radius 2 is 1.90 bits per heavy atom. The highest BCUT2D eigenvalue weighted by atomic mass is 16.4. The van der Waals surface area contributed by atoms with Crippen molar-refractivity contribution in [1.82, 2.24) is 4.57 Å². The van der Waals surface area contributed by atoms with Crippen molar-refractivity contribution in [3.63, 3.8) is 0 Å². The highest BCUT2D eigenvalue weighted by molar-refractivity contribution is 5.85. The molecule has 1 aromatic carbocycles. The Bertz CT molecular complexity index is 563. The van der Waals surface area contributed by atoms with Crippen molar-refractivity contribution >= 4 is 16.9 Å². The van der Waals surface area contributed by atoms with Gasteiger partial charge in [0.2, 0.25) is 0 Å². The van der Waals surface area contributed by atoms with Gasteiger partial charge in [0, 0.05) is 30.6 Å². The molecule has 2 aromatic rings. The number of carboxylic acids is 1. The van der Waals surface area contributed by atoms with Crippen LogP contribution in [0.3, 0.4) is 0 Å². The van der Waals surface area contributed by atoms with Gasteiger partial charge in [-0.1, -0.05) is 18.2 Å². The monoisotopic (exact) mass is 280 g/mol. The second-order valence-electron chi connectivity index (χ2n) is 4.38. The molecule has 2 rings (SSSR count). The zero-order valence-electron chi connectivity index (χ0n) is 11.4. The van der Waals surface area contributed by atoms with Gasteiger partial charge in [0.05, 0.1) is 13.2 Å². The average Bonchev–Trinajstić information content (AvgIpc) is 2.76. The molecule has 1 atom stereocenters. The summed E-state index contributed by atoms with van der Waals surface area (Å²) in [7, 11) is 1.94. The van der Waals surface area contributed by atoms with Gasteiger partial charge in [0.15, 0.2) is 0 Å². The van der Waals surface area contributed by atoms with E-state index in [1.165, 1.54) is 0 Å². The summed E-state index contributed by atoms with van der Waals surface area (Å²) in [4.78, 5) is 10.7. The van der Waals surface area contributed by atoms with Gasteiger partial charge >= 0.3 is 5.97 Å². The smallest absolute Gasteiger partial charge is 0.320 e. The van der Waals surface area contributed by atoms with Crippen molar-refractivity contribution in [3.8, 4) is 0 Å². The quantitative estimate of drug-likeness (QED) is 0.635. The van der Waals surface area contributed by atoms with Crippen LogP contribution in [-0.4, -0.2) is 45.1 Å². The number of fused-ring (bicyclic) bond motifs is 1. The van der Waals surface area contributed by atoms with Crippen LogP contribution in [0, 0.1) is 0 Å². The largest absolute Gasteiger partial charge is 0.480 e. The van der Waals surface area contributed by atoms with Gasteiger partial charge in [-0.25, -0.2) is 0 Å². The second kappa shape index (κ2) is 7.64. The van der Waals surface area contributed by atoms with Crippen LogP contribution in [0.2, 0.25) is 0 Å². The highest BCUT2D eigenvalue weighted by Crippen LogP contribution is 2.21. The topological polar surface area (TPSA) is 109 Å². The van der Waals surface area contributed by atoms with Gasteiger partial charge in [-0.3, -0.25) is 4.79 Å². The molecule has 0 spiro atoms. The Balaban J connectivity index is 0.000000444. The molecule has 0 radical (unpaired) electrons. The van der Waals surface area contributed by atoms with Gasteiger partial charge in [-0.05, 0) is 11.6 Å². The van der Waals surface area contributed by atoms with Crippen molar-refractivity contribution in [3.05, 3.63) is 36.0 Å². The molecule has 6 heteroatoms. The number of nitrogens with zero attached hydrogens (tertiary/aromatic N) is 1. The number of nitrogens with two attached hydrogens (primary N) is 1. The van der Waals surface area contributed by atoms with E-state index in [2.05, 4.69) is 0 Å². The maximum absolute atomic E-state index is 10.7. The number of hydrogen-bond donors (Lipinski definition) is 4. The van der Waals surface area contributed by atoms with Crippen LogP contribution in [0.5, 0.6) is 0 Å². The summed E-state index contributed by atoms with van der Waals surface area (Å²) in [5, 5.41) is 25.1. The SMILES string of the molecule is Cn1cc(CC(N)C(=O)O)c2ccccc21.OCCO. The predicted molar refractivity (Wildman–Crippen MR) is 76.4 cm³/mol. The molecule has 110 valence electrons. The summed E-state index contributed by atoms with van der Waals surface area (Å²) in [6.07, 6.45) is 2.30. The maximum Gasteiger partial charge on any atom is 0.320 e. The first-order valence-electron chi connectivity index (χ1n) is 6.24. The minimum Gasteiger partial charge on any atom is -0.480 e. The van der Waals surface area contributed by atoms with E-state index < -0.39 is 12.0 Å². The lowest BCUT2D eigenvalue weighted by Crippen LogP contribution is -2.32. The summed E-state index contributed by atoms with van der Waals surface area (Å²) in [6.45, 7) is -0.250. The molecule has 1 aromatic heterocycles. The molecule has 6 nitrogen and oxygen atoms in total. The van der Waals surface area contributed by atoms with E-state index in [9.17, 15) is 4.79 Å². The Morgan fingerprint density at radius 1 is 1.30 bits per heavy atom. The van der Waals surface area contributed by atoms with Crippen molar-refractivity contribution in [2.75, 3.05) is 13.2 Å². The molecule has 0 amide bonds. The third-order valence-corrected chi connectivity index (χ3v) is 2.84. The third-order valence-electron chi connectivity index (χ3n) is 2.84. The lowest BCUT2D eigenvalue weighted by molar-refractivity contribution is -0.138. The van der Waals surface area contributed by atoms with E-state index in [0.29, 0.717) is 6.42 Å². The lowest BCUT2D eigenvalue weighted by atomic mass is 10.1. The Morgan fingerprint density at radius 3 is 2.45 bits per heavy atom. The van der Waals surface area contributed by atoms with Crippen LogP contribution in [0.25, 0.3) is 10.9 Å². The van der Waals surface area contributed by atoms with Crippen LogP contribution in [0.4, 0.5) is 0 Å². The van der Waals surface area contributed by atoms with Gasteiger partial charge in [0.25, 0.3) is 0 Å². The molecule has 1 heterocycles. The number of rotatable bonds is 4. The number of aryl methyl sites for hydroxylation is 1. The summed E-state index contributed by atoms with van der Waals surface area (Å²) < 4.78 is 1.99. The molecule has 5 N–H and O–H groups in total. The first-order chi connectivity index (χ1) is 9.51. The van der Waals surface area contributed by atoms with E-state index in [0.717, 1.165) is 16.5 Å². The first kappa shape index (κ1) is 16.2. The lowest BCUT2D eigenvalue weighted by Gasteiger charge is -2.04. The molecule has 0 bridgehead atoms. The first-order valence-corrected chi connectivity index (χ1v) is 6.24.